The monoisotopic (exact) mass is 277 g/mol. The van der Waals surface area contributed by atoms with Crippen molar-refractivity contribution < 1.29 is 8.78 Å². The standard InChI is InChI=1S/C15H17F2N3/c1-4-13-14(17)15(19-8-18-13)20-10(3)11-6-5-9(2)12(16)7-11/h5-8,10H,4H2,1-3H3,(H,18,19,20). The summed E-state index contributed by atoms with van der Waals surface area (Å²) in [6.45, 7) is 5.36. The summed E-state index contributed by atoms with van der Waals surface area (Å²) in [5, 5.41) is 2.96. The highest BCUT2D eigenvalue weighted by molar-refractivity contribution is 5.41. The van der Waals surface area contributed by atoms with Gasteiger partial charge in [0.1, 0.15) is 12.1 Å². The minimum atomic E-state index is -0.450. The molecule has 1 aromatic carbocycles. The van der Waals surface area contributed by atoms with Gasteiger partial charge in [0, 0.05) is 0 Å². The van der Waals surface area contributed by atoms with Gasteiger partial charge in [-0.05, 0) is 37.5 Å². The van der Waals surface area contributed by atoms with Gasteiger partial charge in [0.25, 0.3) is 0 Å². The summed E-state index contributed by atoms with van der Waals surface area (Å²) in [4.78, 5) is 7.78. The van der Waals surface area contributed by atoms with E-state index < -0.39 is 5.82 Å². The maximum absolute atomic E-state index is 14.0. The Hall–Kier alpha value is -2.04. The van der Waals surface area contributed by atoms with Crippen LogP contribution in [0.5, 0.6) is 0 Å². The number of hydrogen-bond donors (Lipinski definition) is 1. The molecular weight excluding hydrogens is 260 g/mol. The molecule has 0 amide bonds. The van der Waals surface area contributed by atoms with Crippen molar-refractivity contribution in [2.24, 2.45) is 0 Å². The molecule has 20 heavy (non-hydrogen) atoms. The van der Waals surface area contributed by atoms with E-state index in [9.17, 15) is 8.78 Å². The Morgan fingerprint density at radius 2 is 2.00 bits per heavy atom. The van der Waals surface area contributed by atoms with E-state index in [0.29, 0.717) is 17.7 Å². The molecule has 1 atom stereocenters. The smallest absolute Gasteiger partial charge is 0.186 e. The van der Waals surface area contributed by atoms with Crippen LogP contribution in [-0.4, -0.2) is 9.97 Å². The number of benzene rings is 1. The van der Waals surface area contributed by atoms with Crippen LogP contribution in [0.1, 0.15) is 36.7 Å². The summed E-state index contributed by atoms with van der Waals surface area (Å²) < 4.78 is 27.6. The van der Waals surface area contributed by atoms with Crippen LogP contribution in [0.4, 0.5) is 14.6 Å². The summed E-state index contributed by atoms with van der Waals surface area (Å²) in [6, 6.07) is 4.72. The Balaban J connectivity index is 2.23. The first-order valence-corrected chi connectivity index (χ1v) is 6.54. The zero-order chi connectivity index (χ0) is 14.7. The molecule has 0 spiro atoms. The van der Waals surface area contributed by atoms with Gasteiger partial charge in [-0.25, -0.2) is 18.7 Å². The second kappa shape index (κ2) is 5.94. The van der Waals surface area contributed by atoms with E-state index in [-0.39, 0.29) is 17.7 Å². The third kappa shape index (κ3) is 2.92. The average molecular weight is 277 g/mol. The summed E-state index contributed by atoms with van der Waals surface area (Å²) in [5.74, 6) is -0.576. The van der Waals surface area contributed by atoms with Gasteiger partial charge in [-0.2, -0.15) is 0 Å². The molecule has 0 aliphatic carbocycles. The van der Waals surface area contributed by atoms with E-state index >= 15 is 0 Å². The van der Waals surface area contributed by atoms with E-state index in [2.05, 4.69) is 15.3 Å². The summed E-state index contributed by atoms with van der Waals surface area (Å²) >= 11 is 0. The normalized spacial score (nSPS) is 12.2. The van der Waals surface area contributed by atoms with Crippen LogP contribution in [0.25, 0.3) is 0 Å². The Labute approximate surface area is 117 Å². The second-order valence-corrected chi connectivity index (χ2v) is 4.71. The molecule has 0 radical (unpaired) electrons. The number of halogens is 2. The minimum Gasteiger partial charge on any atom is -0.361 e. The van der Waals surface area contributed by atoms with E-state index in [4.69, 9.17) is 0 Å². The SMILES string of the molecule is CCc1ncnc(NC(C)c2ccc(C)c(F)c2)c1F. The molecule has 0 bridgehead atoms. The highest BCUT2D eigenvalue weighted by Gasteiger charge is 2.13. The molecule has 1 unspecified atom stereocenters. The highest BCUT2D eigenvalue weighted by atomic mass is 19.1. The lowest BCUT2D eigenvalue weighted by molar-refractivity contribution is 0.593. The van der Waals surface area contributed by atoms with E-state index in [1.165, 1.54) is 12.4 Å². The number of anilines is 1. The van der Waals surface area contributed by atoms with Crippen LogP contribution in [0.2, 0.25) is 0 Å². The molecule has 5 heteroatoms. The molecule has 2 aromatic rings. The van der Waals surface area contributed by atoms with E-state index in [0.717, 1.165) is 5.56 Å². The number of rotatable bonds is 4. The zero-order valence-corrected chi connectivity index (χ0v) is 11.7. The third-order valence-corrected chi connectivity index (χ3v) is 3.25. The maximum atomic E-state index is 14.0. The summed E-state index contributed by atoms with van der Waals surface area (Å²) in [6.07, 6.45) is 1.82. The number of nitrogens with zero attached hydrogens (tertiary/aromatic N) is 2. The highest BCUT2D eigenvalue weighted by Crippen LogP contribution is 2.22. The first-order chi connectivity index (χ1) is 9.52. The fourth-order valence-corrected chi connectivity index (χ4v) is 1.92. The van der Waals surface area contributed by atoms with E-state index in [1.807, 2.05) is 19.9 Å². The number of nitrogens with one attached hydrogen (secondary N) is 1. The predicted molar refractivity (Wildman–Crippen MR) is 74.5 cm³/mol. The fourth-order valence-electron chi connectivity index (χ4n) is 1.92. The topological polar surface area (TPSA) is 37.8 Å². The van der Waals surface area contributed by atoms with Crippen molar-refractivity contribution in [1.29, 1.82) is 0 Å². The van der Waals surface area contributed by atoms with Gasteiger partial charge in [0.05, 0.1) is 11.7 Å². The molecule has 0 saturated carbocycles. The van der Waals surface area contributed by atoms with Crippen LogP contribution in [-0.2, 0) is 6.42 Å². The average Bonchev–Trinajstić information content (AvgIpc) is 2.44. The van der Waals surface area contributed by atoms with Gasteiger partial charge in [-0.3, -0.25) is 0 Å². The van der Waals surface area contributed by atoms with Gasteiger partial charge in [-0.1, -0.05) is 19.1 Å². The minimum absolute atomic E-state index is 0.144. The zero-order valence-electron chi connectivity index (χ0n) is 11.7. The van der Waals surface area contributed by atoms with Crippen LogP contribution < -0.4 is 5.32 Å². The largest absolute Gasteiger partial charge is 0.361 e. The van der Waals surface area contributed by atoms with Gasteiger partial charge < -0.3 is 5.32 Å². The van der Waals surface area contributed by atoms with Crippen molar-refractivity contribution in [3.8, 4) is 0 Å². The molecule has 0 aliphatic heterocycles. The number of aryl methyl sites for hydroxylation is 2. The molecule has 0 saturated heterocycles. The molecule has 2 rings (SSSR count). The second-order valence-electron chi connectivity index (χ2n) is 4.71. The van der Waals surface area contributed by atoms with Crippen LogP contribution in [0, 0.1) is 18.6 Å². The number of hydrogen-bond acceptors (Lipinski definition) is 3. The third-order valence-electron chi connectivity index (χ3n) is 3.25. The molecule has 0 fully saturated rings. The molecule has 106 valence electrons. The Kier molecular flexibility index (Phi) is 4.27. The van der Waals surface area contributed by atoms with Crippen LogP contribution in [0.3, 0.4) is 0 Å². The quantitative estimate of drug-likeness (QED) is 0.923. The van der Waals surface area contributed by atoms with E-state index in [1.54, 1.807) is 13.0 Å². The fraction of sp³-hybridized carbons (Fsp3) is 0.333. The lowest BCUT2D eigenvalue weighted by Gasteiger charge is -2.16. The van der Waals surface area contributed by atoms with Crippen molar-refractivity contribution in [2.45, 2.75) is 33.2 Å². The van der Waals surface area contributed by atoms with Crippen molar-refractivity contribution in [2.75, 3.05) is 5.32 Å². The van der Waals surface area contributed by atoms with Gasteiger partial charge in [0.2, 0.25) is 0 Å². The van der Waals surface area contributed by atoms with Crippen molar-refractivity contribution in [1.82, 2.24) is 9.97 Å². The predicted octanol–water partition coefficient (Wildman–Crippen LogP) is 3.80. The Bertz CT molecular complexity index is 614. The Morgan fingerprint density at radius 3 is 2.65 bits per heavy atom. The van der Waals surface area contributed by atoms with Crippen molar-refractivity contribution in [3.05, 3.63) is 53.0 Å². The lowest BCUT2D eigenvalue weighted by atomic mass is 10.1. The lowest BCUT2D eigenvalue weighted by Crippen LogP contribution is -2.11. The molecular formula is C15H17F2N3. The number of aromatic nitrogens is 2. The first-order valence-electron chi connectivity index (χ1n) is 6.54. The molecule has 1 aromatic heterocycles. The molecule has 1 N–H and O–H groups in total. The van der Waals surface area contributed by atoms with Gasteiger partial charge in [0.15, 0.2) is 11.6 Å². The van der Waals surface area contributed by atoms with Crippen molar-refractivity contribution >= 4 is 5.82 Å². The van der Waals surface area contributed by atoms with Crippen molar-refractivity contribution in [3.63, 3.8) is 0 Å². The van der Waals surface area contributed by atoms with Crippen LogP contribution >= 0.6 is 0 Å². The molecule has 1 heterocycles. The summed E-state index contributed by atoms with van der Waals surface area (Å²) in [5.41, 5.74) is 1.69. The first kappa shape index (κ1) is 14.4. The van der Waals surface area contributed by atoms with Gasteiger partial charge in [-0.15, -0.1) is 0 Å². The molecule has 0 aliphatic rings. The van der Waals surface area contributed by atoms with Crippen LogP contribution in [0.15, 0.2) is 24.5 Å². The Morgan fingerprint density at radius 1 is 1.25 bits per heavy atom. The van der Waals surface area contributed by atoms with Gasteiger partial charge >= 0.3 is 0 Å². The maximum Gasteiger partial charge on any atom is 0.186 e. The molecule has 3 nitrogen and oxygen atoms in total. The summed E-state index contributed by atoms with van der Waals surface area (Å²) in [7, 11) is 0.